The molecule has 5 nitrogen and oxygen atoms in total. The van der Waals surface area contributed by atoms with Crippen LogP contribution in [0.5, 0.6) is 11.5 Å². The lowest BCUT2D eigenvalue weighted by molar-refractivity contribution is -0.140. The second kappa shape index (κ2) is 9.27. The van der Waals surface area contributed by atoms with Crippen LogP contribution < -0.4 is 4.74 Å². The molecule has 0 heterocycles. The molecule has 0 aliphatic rings. The van der Waals surface area contributed by atoms with Crippen molar-refractivity contribution in [3.05, 3.63) is 35.4 Å². The number of ether oxygens (including phenoxy) is 3. The molecule has 152 valence electrons. The van der Waals surface area contributed by atoms with Crippen molar-refractivity contribution in [2.24, 2.45) is 0 Å². The van der Waals surface area contributed by atoms with E-state index in [1.54, 1.807) is 6.92 Å². The predicted molar refractivity (Wildman–Crippen MR) is 108 cm³/mol. The Morgan fingerprint density at radius 1 is 0.963 bits per heavy atom. The highest BCUT2D eigenvalue weighted by Gasteiger charge is 2.26. The molecular formula is C22H34O5. The van der Waals surface area contributed by atoms with Crippen molar-refractivity contribution in [2.45, 2.75) is 59.3 Å². The van der Waals surface area contributed by atoms with Gasteiger partial charge in [0.2, 0.25) is 0 Å². The molecule has 0 aliphatic carbocycles. The normalized spacial score (nSPS) is 12.0. The third-order valence-electron chi connectivity index (χ3n) is 4.01. The smallest absolute Gasteiger partial charge is 0.333 e. The van der Waals surface area contributed by atoms with Gasteiger partial charge in [0, 0.05) is 16.7 Å². The molecule has 1 aromatic carbocycles. The zero-order valence-corrected chi connectivity index (χ0v) is 17.8. The fourth-order valence-corrected chi connectivity index (χ4v) is 2.47. The van der Waals surface area contributed by atoms with Gasteiger partial charge in [0.05, 0.1) is 13.2 Å². The van der Waals surface area contributed by atoms with Crippen molar-refractivity contribution in [1.29, 1.82) is 0 Å². The highest BCUT2D eigenvalue weighted by atomic mass is 16.6. The quantitative estimate of drug-likeness (QED) is 0.410. The van der Waals surface area contributed by atoms with Gasteiger partial charge in [0.1, 0.15) is 24.7 Å². The Kier molecular flexibility index (Phi) is 7.90. The van der Waals surface area contributed by atoms with Crippen LogP contribution in [0.4, 0.5) is 0 Å². The number of hydrogen-bond donors (Lipinski definition) is 1. The molecule has 0 spiro atoms. The molecule has 0 fully saturated rings. The summed E-state index contributed by atoms with van der Waals surface area (Å²) in [6, 6.07) is 3.78. The SMILES string of the molecule is C=C(C)C(=O)OCCOCCOc1cc(C(C)(C)C)c(O)c(C(C)(C)C)c1. The number of carbonyl (C=O) groups is 1. The maximum absolute atomic E-state index is 11.2. The average molecular weight is 379 g/mol. The van der Waals surface area contributed by atoms with E-state index >= 15 is 0 Å². The first kappa shape index (κ1) is 23.0. The first-order valence-electron chi connectivity index (χ1n) is 9.25. The number of esters is 1. The summed E-state index contributed by atoms with van der Waals surface area (Å²) in [5, 5.41) is 10.7. The number of hydrogen-bond acceptors (Lipinski definition) is 5. The molecule has 0 radical (unpaired) electrons. The summed E-state index contributed by atoms with van der Waals surface area (Å²) in [5.41, 5.74) is 1.69. The maximum atomic E-state index is 11.2. The van der Waals surface area contributed by atoms with Gasteiger partial charge in [-0.3, -0.25) is 0 Å². The van der Waals surface area contributed by atoms with E-state index in [1.807, 2.05) is 12.1 Å². The van der Waals surface area contributed by atoms with Crippen LogP contribution in [0.3, 0.4) is 0 Å². The van der Waals surface area contributed by atoms with Gasteiger partial charge in [-0.15, -0.1) is 0 Å². The number of rotatable bonds is 8. The van der Waals surface area contributed by atoms with E-state index in [0.29, 0.717) is 36.9 Å². The third-order valence-corrected chi connectivity index (χ3v) is 4.01. The molecule has 27 heavy (non-hydrogen) atoms. The summed E-state index contributed by atoms with van der Waals surface area (Å²) in [6.07, 6.45) is 0. The monoisotopic (exact) mass is 378 g/mol. The van der Waals surface area contributed by atoms with Crippen LogP contribution in [0.15, 0.2) is 24.3 Å². The molecule has 0 saturated carbocycles. The average Bonchev–Trinajstić information content (AvgIpc) is 2.52. The van der Waals surface area contributed by atoms with E-state index in [-0.39, 0.29) is 17.4 Å². The van der Waals surface area contributed by atoms with E-state index in [2.05, 4.69) is 48.1 Å². The summed E-state index contributed by atoms with van der Waals surface area (Å²) >= 11 is 0. The van der Waals surface area contributed by atoms with E-state index in [0.717, 1.165) is 11.1 Å². The van der Waals surface area contributed by atoms with E-state index < -0.39 is 5.97 Å². The maximum Gasteiger partial charge on any atom is 0.333 e. The minimum atomic E-state index is -0.414. The second-order valence-electron chi connectivity index (χ2n) is 8.74. The van der Waals surface area contributed by atoms with Crippen LogP contribution in [0, 0.1) is 0 Å². The van der Waals surface area contributed by atoms with E-state index in [9.17, 15) is 9.90 Å². The minimum absolute atomic E-state index is 0.188. The van der Waals surface area contributed by atoms with Crippen molar-refractivity contribution in [3.8, 4) is 11.5 Å². The number of phenolic OH excluding ortho intramolecular Hbond substituents is 1. The highest BCUT2D eigenvalue weighted by Crippen LogP contribution is 2.41. The summed E-state index contributed by atoms with van der Waals surface area (Å²) in [7, 11) is 0. The van der Waals surface area contributed by atoms with Gasteiger partial charge in [-0.25, -0.2) is 4.79 Å². The van der Waals surface area contributed by atoms with Crippen molar-refractivity contribution < 1.29 is 24.1 Å². The molecule has 0 aromatic heterocycles. The fourth-order valence-electron chi connectivity index (χ4n) is 2.47. The molecule has 1 rings (SSSR count). The first-order chi connectivity index (χ1) is 12.3. The Morgan fingerprint density at radius 2 is 1.44 bits per heavy atom. The van der Waals surface area contributed by atoms with Gasteiger partial charge in [-0.2, -0.15) is 0 Å². The zero-order valence-electron chi connectivity index (χ0n) is 17.8. The lowest BCUT2D eigenvalue weighted by Gasteiger charge is -2.28. The van der Waals surface area contributed by atoms with Crippen LogP contribution in [0.25, 0.3) is 0 Å². The summed E-state index contributed by atoms with van der Waals surface area (Å²) < 4.78 is 16.2. The van der Waals surface area contributed by atoms with Crippen LogP contribution in [0.2, 0.25) is 0 Å². The van der Waals surface area contributed by atoms with Gasteiger partial charge in [0.25, 0.3) is 0 Å². The first-order valence-corrected chi connectivity index (χ1v) is 9.25. The van der Waals surface area contributed by atoms with Gasteiger partial charge >= 0.3 is 5.97 Å². The van der Waals surface area contributed by atoms with Crippen molar-refractivity contribution >= 4 is 5.97 Å². The summed E-state index contributed by atoms with van der Waals surface area (Å²) in [6.45, 7) is 18.7. The third kappa shape index (κ3) is 7.25. The molecule has 0 saturated heterocycles. The van der Waals surface area contributed by atoms with Crippen molar-refractivity contribution in [2.75, 3.05) is 26.4 Å². The topological polar surface area (TPSA) is 65.0 Å². The number of phenols is 1. The molecule has 0 amide bonds. The standard InChI is InChI=1S/C22H34O5/c1-15(2)20(24)27-12-10-25-9-11-26-16-13-17(21(3,4)5)19(23)18(14-16)22(6,7)8/h13-14,23H,1,9-12H2,2-8H3. The molecule has 0 aliphatic heterocycles. The molecule has 0 bridgehead atoms. The Morgan fingerprint density at radius 3 is 1.89 bits per heavy atom. The Balaban J connectivity index is 2.65. The fraction of sp³-hybridized carbons (Fsp3) is 0.591. The van der Waals surface area contributed by atoms with Gasteiger partial charge < -0.3 is 19.3 Å². The Hall–Kier alpha value is -2.01. The minimum Gasteiger partial charge on any atom is -0.507 e. The summed E-state index contributed by atoms with van der Waals surface area (Å²) in [5.74, 6) is 0.626. The van der Waals surface area contributed by atoms with Crippen molar-refractivity contribution in [3.63, 3.8) is 0 Å². The lowest BCUT2D eigenvalue weighted by atomic mass is 9.79. The van der Waals surface area contributed by atoms with Crippen LogP contribution in [-0.4, -0.2) is 37.5 Å². The van der Waals surface area contributed by atoms with Crippen LogP contribution in [0.1, 0.15) is 59.6 Å². The Labute approximate surface area is 163 Å². The number of aromatic hydroxyl groups is 1. The van der Waals surface area contributed by atoms with Crippen LogP contribution >= 0.6 is 0 Å². The van der Waals surface area contributed by atoms with E-state index in [4.69, 9.17) is 14.2 Å². The molecular weight excluding hydrogens is 344 g/mol. The van der Waals surface area contributed by atoms with Crippen molar-refractivity contribution in [1.82, 2.24) is 0 Å². The number of carbonyl (C=O) groups excluding carboxylic acids is 1. The predicted octanol–water partition coefficient (Wildman–Crippen LogP) is 4.50. The molecule has 5 heteroatoms. The molecule has 0 atom stereocenters. The largest absolute Gasteiger partial charge is 0.507 e. The lowest BCUT2D eigenvalue weighted by Crippen LogP contribution is -2.18. The second-order valence-corrected chi connectivity index (χ2v) is 8.74. The van der Waals surface area contributed by atoms with Crippen LogP contribution in [-0.2, 0) is 25.1 Å². The molecule has 1 aromatic rings. The zero-order chi connectivity index (χ0) is 20.8. The van der Waals surface area contributed by atoms with Gasteiger partial charge in [-0.1, -0.05) is 48.1 Å². The number of benzene rings is 1. The van der Waals surface area contributed by atoms with E-state index in [1.165, 1.54) is 0 Å². The highest BCUT2D eigenvalue weighted by molar-refractivity contribution is 5.86. The van der Waals surface area contributed by atoms with Gasteiger partial charge in [-0.05, 0) is 29.9 Å². The molecule has 0 unspecified atom stereocenters. The molecule has 1 N–H and O–H groups in total. The summed E-state index contributed by atoms with van der Waals surface area (Å²) in [4.78, 5) is 11.2. The Bertz CT molecular complexity index is 627. The van der Waals surface area contributed by atoms with Gasteiger partial charge in [0.15, 0.2) is 0 Å².